The van der Waals surface area contributed by atoms with Gasteiger partial charge in [-0.05, 0) is 78.7 Å². The van der Waals surface area contributed by atoms with Gasteiger partial charge in [-0.2, -0.15) is 0 Å². The van der Waals surface area contributed by atoms with Crippen LogP contribution in [0.1, 0.15) is 11.1 Å². The zero-order valence-corrected chi connectivity index (χ0v) is 24.4. The number of carbonyl (C=O) groups excluding carboxylic acids is 2. The van der Waals surface area contributed by atoms with E-state index in [-0.39, 0.29) is 13.2 Å². The van der Waals surface area contributed by atoms with E-state index in [0.29, 0.717) is 11.5 Å². The van der Waals surface area contributed by atoms with E-state index >= 15 is 0 Å². The normalized spacial score (nSPS) is 11.2. The number of esters is 2. The first-order chi connectivity index (χ1) is 22.0. The van der Waals surface area contributed by atoms with Crippen molar-refractivity contribution in [1.29, 1.82) is 0 Å². The molecule has 7 rings (SSSR count). The lowest BCUT2D eigenvalue weighted by molar-refractivity contribution is -0.139. The Hall–Kier alpha value is -5.94. The summed E-state index contributed by atoms with van der Waals surface area (Å²) in [6.45, 7) is 7.22. The van der Waals surface area contributed by atoms with Crippen LogP contribution < -0.4 is 4.74 Å². The van der Waals surface area contributed by atoms with Crippen molar-refractivity contribution in [2.45, 2.75) is 13.2 Å². The van der Waals surface area contributed by atoms with Crippen molar-refractivity contribution in [3.63, 3.8) is 0 Å². The lowest BCUT2D eigenvalue weighted by atomic mass is 9.92. The van der Waals surface area contributed by atoms with Gasteiger partial charge in [0, 0.05) is 17.7 Å². The van der Waals surface area contributed by atoms with E-state index in [2.05, 4.69) is 55.6 Å². The fourth-order valence-corrected chi connectivity index (χ4v) is 6.06. The SMILES string of the molecule is C=CC(=O)OCc1ccc(-c2ccc3cccc4c3c2-c2cccc(COC(=O)C=C)c2-4)cc1Oc1ccc2ccccc2c1. The van der Waals surface area contributed by atoms with Crippen molar-refractivity contribution < 1.29 is 23.8 Å². The minimum Gasteiger partial charge on any atom is -0.458 e. The first-order valence-electron chi connectivity index (χ1n) is 14.6. The van der Waals surface area contributed by atoms with Gasteiger partial charge in [-0.15, -0.1) is 0 Å². The van der Waals surface area contributed by atoms with Crippen LogP contribution in [0.25, 0.3) is 54.9 Å². The van der Waals surface area contributed by atoms with Crippen molar-refractivity contribution in [3.05, 3.63) is 146 Å². The maximum atomic E-state index is 11.9. The zero-order valence-electron chi connectivity index (χ0n) is 24.4. The van der Waals surface area contributed by atoms with Gasteiger partial charge in [-0.1, -0.05) is 104 Å². The van der Waals surface area contributed by atoms with Gasteiger partial charge in [0.15, 0.2) is 0 Å². The van der Waals surface area contributed by atoms with Gasteiger partial charge in [0.25, 0.3) is 0 Å². The van der Waals surface area contributed by atoms with E-state index in [4.69, 9.17) is 14.2 Å². The van der Waals surface area contributed by atoms with Crippen LogP contribution in [-0.4, -0.2) is 11.9 Å². The fourth-order valence-electron chi connectivity index (χ4n) is 6.06. The molecule has 0 N–H and O–H groups in total. The summed E-state index contributed by atoms with van der Waals surface area (Å²) < 4.78 is 17.4. The Kier molecular flexibility index (Phi) is 7.20. The Bertz CT molecular complexity index is 2170. The van der Waals surface area contributed by atoms with Crippen LogP contribution in [0, 0.1) is 0 Å². The third kappa shape index (κ3) is 5.15. The second-order valence-electron chi connectivity index (χ2n) is 10.8. The second-order valence-corrected chi connectivity index (χ2v) is 10.8. The number of hydrogen-bond acceptors (Lipinski definition) is 5. The molecule has 0 radical (unpaired) electrons. The van der Waals surface area contributed by atoms with Crippen LogP contribution >= 0.6 is 0 Å². The van der Waals surface area contributed by atoms with E-state index in [1.807, 2.05) is 66.7 Å². The molecule has 45 heavy (non-hydrogen) atoms. The van der Waals surface area contributed by atoms with Crippen LogP contribution in [0.3, 0.4) is 0 Å². The molecule has 0 saturated heterocycles. The molecule has 0 amide bonds. The highest BCUT2D eigenvalue weighted by Gasteiger charge is 2.27. The van der Waals surface area contributed by atoms with Crippen LogP contribution in [0.4, 0.5) is 0 Å². The molecule has 0 aromatic heterocycles. The van der Waals surface area contributed by atoms with Crippen molar-refractivity contribution in [2.24, 2.45) is 0 Å². The number of fused-ring (bicyclic) bond motifs is 4. The molecule has 6 aromatic carbocycles. The summed E-state index contributed by atoms with van der Waals surface area (Å²) in [7, 11) is 0. The maximum Gasteiger partial charge on any atom is 0.330 e. The first-order valence-corrected chi connectivity index (χ1v) is 14.6. The predicted octanol–water partition coefficient (Wildman–Crippen LogP) is 9.56. The predicted molar refractivity (Wildman–Crippen MR) is 178 cm³/mol. The molecule has 5 nitrogen and oxygen atoms in total. The Balaban J connectivity index is 1.35. The smallest absolute Gasteiger partial charge is 0.330 e. The molecule has 0 heterocycles. The highest BCUT2D eigenvalue weighted by molar-refractivity contribution is 6.19. The summed E-state index contributed by atoms with van der Waals surface area (Å²) >= 11 is 0. The van der Waals surface area contributed by atoms with Gasteiger partial charge in [-0.25, -0.2) is 9.59 Å². The summed E-state index contributed by atoms with van der Waals surface area (Å²) in [6.07, 6.45) is 2.33. The van der Waals surface area contributed by atoms with Gasteiger partial charge in [0.1, 0.15) is 24.7 Å². The van der Waals surface area contributed by atoms with E-state index in [9.17, 15) is 9.59 Å². The molecule has 0 bridgehead atoms. The Morgan fingerprint density at radius 2 is 1.27 bits per heavy atom. The monoisotopic (exact) mass is 588 g/mol. The quantitative estimate of drug-likeness (QED) is 0.124. The maximum absolute atomic E-state index is 11.9. The van der Waals surface area contributed by atoms with E-state index in [1.54, 1.807) is 0 Å². The lowest BCUT2D eigenvalue weighted by Crippen LogP contribution is -2.02. The third-order valence-corrected chi connectivity index (χ3v) is 8.14. The molecule has 1 aliphatic carbocycles. The third-order valence-electron chi connectivity index (χ3n) is 8.14. The molecule has 0 fully saturated rings. The summed E-state index contributed by atoms with van der Waals surface area (Å²) in [5, 5.41) is 4.45. The number of hydrogen-bond donors (Lipinski definition) is 0. The van der Waals surface area contributed by atoms with Crippen LogP contribution in [0.5, 0.6) is 11.5 Å². The molecular formula is C40H28O5. The molecule has 0 atom stereocenters. The van der Waals surface area contributed by atoms with Crippen molar-refractivity contribution in [3.8, 4) is 44.9 Å². The number of ether oxygens (including phenoxy) is 3. The highest BCUT2D eigenvalue weighted by Crippen LogP contribution is 2.52. The molecule has 6 aromatic rings. The summed E-state index contributed by atoms with van der Waals surface area (Å²) in [4.78, 5) is 23.8. The van der Waals surface area contributed by atoms with E-state index in [1.165, 1.54) is 6.08 Å². The van der Waals surface area contributed by atoms with Crippen LogP contribution in [0.15, 0.2) is 135 Å². The summed E-state index contributed by atoms with van der Waals surface area (Å²) in [5.41, 5.74) is 7.99. The number of benzene rings is 6. The molecule has 1 aliphatic rings. The average molecular weight is 589 g/mol. The van der Waals surface area contributed by atoms with E-state index < -0.39 is 11.9 Å². The van der Waals surface area contributed by atoms with Crippen molar-refractivity contribution >= 4 is 33.5 Å². The average Bonchev–Trinajstić information content (AvgIpc) is 3.43. The van der Waals surface area contributed by atoms with Gasteiger partial charge in [0.05, 0.1) is 0 Å². The van der Waals surface area contributed by atoms with Crippen molar-refractivity contribution in [1.82, 2.24) is 0 Å². The number of rotatable bonds is 9. The fraction of sp³-hybridized carbons (Fsp3) is 0.0500. The van der Waals surface area contributed by atoms with Gasteiger partial charge < -0.3 is 14.2 Å². The van der Waals surface area contributed by atoms with Gasteiger partial charge in [-0.3, -0.25) is 0 Å². The second kappa shape index (κ2) is 11.6. The zero-order chi connectivity index (χ0) is 30.9. The minimum absolute atomic E-state index is 0.0401. The summed E-state index contributed by atoms with van der Waals surface area (Å²) in [6, 6.07) is 36.7. The molecule has 5 heteroatoms. The minimum atomic E-state index is -0.503. The standard InChI is InChI=1S/C40H28O5/c1-3-36(41)43-23-29-16-15-28(22-35(29)45-31-19-17-25-9-5-6-10-27(25)21-31)32-20-18-26-11-7-13-33-38-30(24-44-37(42)4-2)12-8-14-34(38)40(32)39(26)33/h3-22H,1-2,23-24H2. The molecule has 0 unspecified atom stereocenters. The molecule has 0 aliphatic heterocycles. The number of carbonyl (C=O) groups is 2. The van der Waals surface area contributed by atoms with Gasteiger partial charge in [0.2, 0.25) is 0 Å². The highest BCUT2D eigenvalue weighted by atomic mass is 16.5. The van der Waals surface area contributed by atoms with E-state index in [0.717, 1.165) is 72.1 Å². The topological polar surface area (TPSA) is 61.8 Å². The van der Waals surface area contributed by atoms with Crippen LogP contribution in [0.2, 0.25) is 0 Å². The molecule has 0 saturated carbocycles. The Morgan fingerprint density at radius 3 is 2.07 bits per heavy atom. The van der Waals surface area contributed by atoms with Crippen molar-refractivity contribution in [2.75, 3.05) is 0 Å². The largest absolute Gasteiger partial charge is 0.458 e. The molecule has 0 spiro atoms. The Labute approximate surface area is 260 Å². The first kappa shape index (κ1) is 27.9. The Morgan fingerprint density at radius 1 is 0.578 bits per heavy atom. The van der Waals surface area contributed by atoms with Gasteiger partial charge >= 0.3 is 11.9 Å². The molecule has 218 valence electrons. The molecular weight excluding hydrogens is 560 g/mol. The van der Waals surface area contributed by atoms with Crippen LogP contribution in [-0.2, 0) is 32.3 Å². The lowest BCUT2D eigenvalue weighted by Gasteiger charge is -2.16. The summed E-state index contributed by atoms with van der Waals surface area (Å²) in [5.74, 6) is 0.303.